The van der Waals surface area contributed by atoms with Crippen LogP contribution in [-0.4, -0.2) is 4.98 Å². The maximum atomic E-state index is 13.7. The summed E-state index contributed by atoms with van der Waals surface area (Å²) >= 11 is 0. The molecule has 0 saturated carbocycles. The van der Waals surface area contributed by atoms with Crippen molar-refractivity contribution in [3.63, 3.8) is 0 Å². The second-order valence-electron chi connectivity index (χ2n) is 5.73. The lowest BCUT2D eigenvalue weighted by atomic mass is 10.0. The zero-order chi connectivity index (χ0) is 18.7. The Bertz CT molecular complexity index is 1070. The zero-order valence-corrected chi connectivity index (χ0v) is 13.8. The van der Waals surface area contributed by atoms with Crippen molar-refractivity contribution in [1.29, 1.82) is 5.26 Å². The van der Waals surface area contributed by atoms with E-state index in [1.165, 1.54) is 6.07 Å². The fourth-order valence-electron chi connectivity index (χ4n) is 2.58. The Kier molecular flexibility index (Phi) is 4.81. The van der Waals surface area contributed by atoms with Gasteiger partial charge in [-0.3, -0.25) is 4.79 Å². The molecule has 2 aromatic carbocycles. The number of pyridine rings is 1. The summed E-state index contributed by atoms with van der Waals surface area (Å²) in [6.45, 7) is 1.65. The van der Waals surface area contributed by atoms with Gasteiger partial charge in [-0.2, -0.15) is 5.26 Å². The molecule has 0 aliphatic heterocycles. The molecule has 6 heteroatoms. The highest BCUT2D eigenvalue weighted by Crippen LogP contribution is 2.26. The number of H-pyrrole nitrogens is 1. The van der Waals surface area contributed by atoms with Crippen molar-refractivity contribution in [1.82, 2.24) is 4.98 Å². The van der Waals surface area contributed by atoms with Crippen molar-refractivity contribution in [2.75, 3.05) is 0 Å². The van der Waals surface area contributed by atoms with Crippen LogP contribution in [0.4, 0.5) is 8.78 Å². The van der Waals surface area contributed by atoms with Gasteiger partial charge in [0.1, 0.15) is 35.6 Å². The molecule has 0 spiro atoms. The Hall–Kier alpha value is -3.46. The van der Waals surface area contributed by atoms with E-state index in [4.69, 9.17) is 4.74 Å². The molecule has 1 heterocycles. The highest BCUT2D eigenvalue weighted by atomic mass is 19.1. The number of rotatable bonds is 4. The highest BCUT2D eigenvalue weighted by Gasteiger charge is 2.11. The first-order valence-corrected chi connectivity index (χ1v) is 7.79. The normalized spacial score (nSPS) is 10.4. The standard InChI is InChI=1S/C20H14F2N2O2/c1-12-7-17(18(10-23)20(25)24-12)13-3-2-4-16(8-13)26-11-14-5-6-15(21)9-19(14)22/h2-9H,11H2,1H3,(H,24,25). The molecule has 130 valence electrons. The van der Waals surface area contributed by atoms with E-state index in [0.717, 1.165) is 12.1 Å². The smallest absolute Gasteiger partial charge is 0.266 e. The van der Waals surface area contributed by atoms with Gasteiger partial charge in [-0.05, 0) is 42.8 Å². The topological polar surface area (TPSA) is 65.9 Å². The van der Waals surface area contributed by atoms with Crippen LogP contribution in [0.15, 0.2) is 53.3 Å². The second kappa shape index (κ2) is 7.19. The summed E-state index contributed by atoms with van der Waals surface area (Å²) in [4.78, 5) is 14.5. The van der Waals surface area contributed by atoms with Crippen LogP contribution >= 0.6 is 0 Å². The summed E-state index contributed by atoms with van der Waals surface area (Å²) in [6.07, 6.45) is 0. The fourth-order valence-corrected chi connectivity index (χ4v) is 2.58. The molecule has 0 amide bonds. The van der Waals surface area contributed by atoms with E-state index in [-0.39, 0.29) is 17.7 Å². The van der Waals surface area contributed by atoms with Crippen molar-refractivity contribution >= 4 is 0 Å². The zero-order valence-electron chi connectivity index (χ0n) is 13.8. The Morgan fingerprint density at radius 3 is 2.69 bits per heavy atom. The summed E-state index contributed by atoms with van der Waals surface area (Å²) in [6, 6.07) is 13.7. The van der Waals surface area contributed by atoms with Gasteiger partial charge in [0.15, 0.2) is 0 Å². The third-order valence-electron chi connectivity index (χ3n) is 3.83. The quantitative estimate of drug-likeness (QED) is 0.769. The van der Waals surface area contributed by atoms with Crippen LogP contribution in [-0.2, 0) is 6.61 Å². The first-order valence-electron chi connectivity index (χ1n) is 7.79. The Morgan fingerprint density at radius 1 is 1.15 bits per heavy atom. The van der Waals surface area contributed by atoms with Gasteiger partial charge in [0.05, 0.1) is 0 Å². The lowest BCUT2D eigenvalue weighted by Crippen LogP contribution is -2.12. The molecular weight excluding hydrogens is 338 g/mol. The first-order chi connectivity index (χ1) is 12.5. The molecule has 4 nitrogen and oxygen atoms in total. The molecule has 0 saturated heterocycles. The van der Waals surface area contributed by atoms with Crippen molar-refractivity contribution in [2.45, 2.75) is 13.5 Å². The monoisotopic (exact) mass is 352 g/mol. The number of halogens is 2. The third-order valence-corrected chi connectivity index (χ3v) is 3.83. The summed E-state index contributed by atoms with van der Waals surface area (Å²) in [5.41, 5.74) is 1.53. The average Bonchev–Trinajstić information content (AvgIpc) is 2.60. The molecule has 0 unspecified atom stereocenters. The molecule has 0 atom stereocenters. The van der Waals surface area contributed by atoms with Gasteiger partial charge < -0.3 is 9.72 Å². The number of aromatic amines is 1. The third kappa shape index (κ3) is 3.62. The van der Waals surface area contributed by atoms with Gasteiger partial charge in [0, 0.05) is 22.9 Å². The predicted octanol–water partition coefficient (Wildman–Crippen LogP) is 4.08. The van der Waals surface area contributed by atoms with Gasteiger partial charge in [0.25, 0.3) is 5.56 Å². The van der Waals surface area contributed by atoms with Crippen molar-refractivity contribution in [2.24, 2.45) is 0 Å². The summed E-state index contributed by atoms with van der Waals surface area (Å²) < 4.78 is 32.2. The molecule has 1 N–H and O–H groups in total. The number of hydrogen-bond donors (Lipinski definition) is 1. The number of hydrogen-bond acceptors (Lipinski definition) is 3. The number of benzene rings is 2. The van der Waals surface area contributed by atoms with Crippen molar-refractivity contribution in [3.8, 4) is 22.9 Å². The second-order valence-corrected chi connectivity index (χ2v) is 5.73. The van der Waals surface area contributed by atoms with Crippen LogP contribution in [0.2, 0.25) is 0 Å². The molecule has 0 aliphatic carbocycles. The predicted molar refractivity (Wildman–Crippen MR) is 92.6 cm³/mol. The van der Waals surface area contributed by atoms with Gasteiger partial charge in [0.2, 0.25) is 0 Å². The SMILES string of the molecule is Cc1cc(-c2cccc(OCc3ccc(F)cc3F)c2)c(C#N)c(=O)[nH]1. The van der Waals surface area contributed by atoms with Crippen molar-refractivity contribution in [3.05, 3.63) is 87.3 Å². The van der Waals surface area contributed by atoms with E-state index in [0.29, 0.717) is 22.6 Å². The fraction of sp³-hybridized carbons (Fsp3) is 0.100. The molecule has 1 aromatic heterocycles. The van der Waals surface area contributed by atoms with E-state index in [2.05, 4.69) is 4.98 Å². The summed E-state index contributed by atoms with van der Waals surface area (Å²) in [5.74, 6) is -0.895. The molecule has 0 aliphatic rings. The minimum absolute atomic E-state index is 0.0114. The average molecular weight is 352 g/mol. The molecule has 0 fully saturated rings. The first kappa shape index (κ1) is 17.4. The largest absolute Gasteiger partial charge is 0.489 e. The molecule has 3 rings (SSSR count). The van der Waals surface area contributed by atoms with E-state index in [1.54, 1.807) is 37.3 Å². The van der Waals surface area contributed by atoms with Gasteiger partial charge >= 0.3 is 0 Å². The highest BCUT2D eigenvalue weighted by molar-refractivity contribution is 5.71. The Labute approximate surface area is 148 Å². The van der Waals surface area contributed by atoms with Crippen LogP contribution in [0, 0.1) is 29.9 Å². The lowest BCUT2D eigenvalue weighted by molar-refractivity contribution is 0.299. The van der Waals surface area contributed by atoms with E-state index in [1.807, 2.05) is 6.07 Å². The molecule has 3 aromatic rings. The van der Waals surface area contributed by atoms with E-state index >= 15 is 0 Å². The molecule has 26 heavy (non-hydrogen) atoms. The number of nitriles is 1. The maximum absolute atomic E-state index is 13.7. The van der Waals surface area contributed by atoms with Crippen LogP contribution < -0.4 is 10.3 Å². The Balaban J connectivity index is 1.90. The summed E-state index contributed by atoms with van der Waals surface area (Å²) in [7, 11) is 0. The maximum Gasteiger partial charge on any atom is 0.266 e. The van der Waals surface area contributed by atoms with Crippen LogP contribution in [0.3, 0.4) is 0 Å². The summed E-state index contributed by atoms with van der Waals surface area (Å²) in [5, 5.41) is 9.25. The van der Waals surface area contributed by atoms with E-state index < -0.39 is 17.2 Å². The number of aromatic nitrogens is 1. The van der Waals surface area contributed by atoms with E-state index in [9.17, 15) is 18.8 Å². The number of nitrogens with one attached hydrogen (secondary N) is 1. The minimum Gasteiger partial charge on any atom is -0.489 e. The van der Waals surface area contributed by atoms with Crippen molar-refractivity contribution < 1.29 is 13.5 Å². The molecule has 0 bridgehead atoms. The Morgan fingerprint density at radius 2 is 1.96 bits per heavy atom. The number of aryl methyl sites for hydroxylation is 1. The van der Waals surface area contributed by atoms with Gasteiger partial charge in [-0.15, -0.1) is 0 Å². The number of ether oxygens (including phenoxy) is 1. The van der Waals surface area contributed by atoms with Gasteiger partial charge in [-0.1, -0.05) is 12.1 Å². The minimum atomic E-state index is -0.682. The van der Waals surface area contributed by atoms with Crippen LogP contribution in [0.5, 0.6) is 5.75 Å². The lowest BCUT2D eigenvalue weighted by Gasteiger charge is -2.10. The molecular formula is C20H14F2N2O2. The molecule has 0 radical (unpaired) electrons. The number of nitrogens with zero attached hydrogens (tertiary/aromatic N) is 1. The van der Waals surface area contributed by atoms with Gasteiger partial charge in [-0.25, -0.2) is 8.78 Å². The van der Waals surface area contributed by atoms with Crippen LogP contribution in [0.1, 0.15) is 16.8 Å². The van der Waals surface area contributed by atoms with Crippen LogP contribution in [0.25, 0.3) is 11.1 Å².